The summed E-state index contributed by atoms with van der Waals surface area (Å²) < 4.78 is 47.1. The van der Waals surface area contributed by atoms with Crippen LogP contribution in [0.3, 0.4) is 0 Å². The third-order valence-corrected chi connectivity index (χ3v) is 3.79. The largest absolute Gasteiger partial charge is 0.468 e. The maximum Gasteiger partial charge on any atom is 0.276 e. The van der Waals surface area contributed by atoms with Crippen LogP contribution in [-0.4, -0.2) is 15.7 Å². The fraction of sp³-hybridized carbons (Fsp3) is 0.0588. The molecule has 1 aromatic heterocycles. The molecule has 0 saturated carbocycles. The maximum atomic E-state index is 13.8. The van der Waals surface area contributed by atoms with E-state index in [2.05, 4.69) is 26.3 Å². The van der Waals surface area contributed by atoms with Gasteiger partial charge < -0.3 is 10.1 Å². The number of halogens is 4. The Balaban J connectivity index is 1.64. The highest BCUT2D eigenvalue weighted by atomic mass is 79.9. The summed E-state index contributed by atoms with van der Waals surface area (Å²) in [5, 5.41) is 6.37. The molecule has 2 aromatic carbocycles. The van der Waals surface area contributed by atoms with Crippen molar-refractivity contribution in [2.75, 3.05) is 5.32 Å². The first-order valence-electron chi connectivity index (χ1n) is 7.30. The molecule has 1 N–H and O–H groups in total. The quantitative estimate of drug-likeness (QED) is 0.660. The van der Waals surface area contributed by atoms with Gasteiger partial charge in [-0.1, -0.05) is 15.9 Å². The van der Waals surface area contributed by atoms with Gasteiger partial charge in [0.25, 0.3) is 5.91 Å². The van der Waals surface area contributed by atoms with Gasteiger partial charge in [0.05, 0.1) is 5.69 Å². The SMILES string of the molecule is O=C(Nc1ccc(Br)cc1F)c1ccn(COc2ccc(F)cc2F)n1. The van der Waals surface area contributed by atoms with Crippen LogP contribution in [0.4, 0.5) is 18.9 Å². The first-order chi connectivity index (χ1) is 12.4. The summed E-state index contributed by atoms with van der Waals surface area (Å²) in [5.41, 5.74) is 0.0351. The number of rotatable bonds is 5. The molecule has 0 atom stereocenters. The van der Waals surface area contributed by atoms with Crippen molar-refractivity contribution >= 4 is 27.5 Å². The van der Waals surface area contributed by atoms with E-state index in [4.69, 9.17) is 4.74 Å². The van der Waals surface area contributed by atoms with Crippen molar-refractivity contribution in [2.24, 2.45) is 0 Å². The minimum absolute atomic E-state index is 0.0115. The van der Waals surface area contributed by atoms with Crippen molar-refractivity contribution < 1.29 is 22.7 Å². The lowest BCUT2D eigenvalue weighted by molar-refractivity contribution is 0.101. The lowest BCUT2D eigenvalue weighted by atomic mass is 10.3. The van der Waals surface area contributed by atoms with Crippen LogP contribution in [0.1, 0.15) is 10.5 Å². The van der Waals surface area contributed by atoms with E-state index < -0.39 is 23.4 Å². The summed E-state index contributed by atoms with van der Waals surface area (Å²) in [5.74, 6) is -2.92. The zero-order valence-corrected chi connectivity index (χ0v) is 14.6. The highest BCUT2D eigenvalue weighted by molar-refractivity contribution is 9.10. The average molecular weight is 426 g/mol. The third kappa shape index (κ3) is 4.23. The monoisotopic (exact) mass is 425 g/mol. The Hall–Kier alpha value is -2.81. The summed E-state index contributed by atoms with van der Waals surface area (Å²) in [6.45, 7) is -0.192. The molecule has 0 spiro atoms. The average Bonchev–Trinajstić information content (AvgIpc) is 3.06. The number of carbonyl (C=O) groups is 1. The van der Waals surface area contributed by atoms with E-state index in [1.165, 1.54) is 29.1 Å². The Morgan fingerprint density at radius 1 is 1.12 bits per heavy atom. The summed E-state index contributed by atoms with van der Waals surface area (Å²) in [4.78, 5) is 12.1. The van der Waals surface area contributed by atoms with Crippen LogP contribution in [0.5, 0.6) is 5.75 Å². The van der Waals surface area contributed by atoms with Gasteiger partial charge in [-0.05, 0) is 36.4 Å². The van der Waals surface area contributed by atoms with E-state index in [0.29, 0.717) is 10.5 Å². The van der Waals surface area contributed by atoms with Gasteiger partial charge in [0, 0.05) is 16.7 Å². The van der Waals surface area contributed by atoms with E-state index in [-0.39, 0.29) is 23.9 Å². The van der Waals surface area contributed by atoms with Gasteiger partial charge >= 0.3 is 0 Å². The first kappa shape index (κ1) is 18.0. The Labute approximate surface area is 154 Å². The van der Waals surface area contributed by atoms with Gasteiger partial charge in [0.15, 0.2) is 24.0 Å². The highest BCUT2D eigenvalue weighted by Crippen LogP contribution is 2.20. The number of hydrogen-bond acceptors (Lipinski definition) is 3. The van der Waals surface area contributed by atoms with Crippen molar-refractivity contribution in [1.82, 2.24) is 9.78 Å². The second-order valence-electron chi connectivity index (χ2n) is 5.17. The van der Waals surface area contributed by atoms with Crippen LogP contribution in [0.15, 0.2) is 53.1 Å². The Morgan fingerprint density at radius 3 is 2.65 bits per heavy atom. The lowest BCUT2D eigenvalue weighted by Gasteiger charge is -2.07. The molecule has 3 aromatic rings. The molecule has 3 rings (SSSR count). The Bertz CT molecular complexity index is 962. The number of ether oxygens (including phenoxy) is 1. The molecule has 0 saturated heterocycles. The Morgan fingerprint density at radius 2 is 1.92 bits per heavy atom. The zero-order valence-electron chi connectivity index (χ0n) is 13.0. The number of amides is 1. The number of benzene rings is 2. The smallest absolute Gasteiger partial charge is 0.276 e. The molecule has 0 bridgehead atoms. The minimum Gasteiger partial charge on any atom is -0.468 e. The van der Waals surface area contributed by atoms with Gasteiger partial charge in [0.1, 0.15) is 11.6 Å². The topological polar surface area (TPSA) is 56.2 Å². The summed E-state index contributed by atoms with van der Waals surface area (Å²) in [6, 6.07) is 8.53. The molecule has 0 aliphatic rings. The number of aromatic nitrogens is 2. The number of nitrogens with one attached hydrogen (secondary N) is 1. The summed E-state index contributed by atoms with van der Waals surface area (Å²) in [6.07, 6.45) is 1.44. The van der Waals surface area contributed by atoms with E-state index in [1.807, 2.05) is 0 Å². The van der Waals surface area contributed by atoms with Crippen LogP contribution in [-0.2, 0) is 6.73 Å². The molecule has 1 heterocycles. The first-order valence-corrected chi connectivity index (χ1v) is 8.09. The fourth-order valence-corrected chi connectivity index (χ4v) is 2.39. The standard InChI is InChI=1S/C17H11BrF3N3O2/c18-10-1-3-14(12(20)7-10)22-17(25)15-5-6-24(23-15)9-26-16-4-2-11(19)8-13(16)21/h1-8H,9H2,(H,22,25). The molecule has 0 aliphatic carbocycles. The molecule has 0 unspecified atom stereocenters. The predicted octanol–water partition coefficient (Wildman–Crippen LogP) is 4.35. The molecule has 1 amide bonds. The highest BCUT2D eigenvalue weighted by Gasteiger charge is 2.13. The maximum absolute atomic E-state index is 13.8. The number of nitrogens with zero attached hydrogens (tertiary/aromatic N) is 2. The van der Waals surface area contributed by atoms with Gasteiger partial charge in [-0.2, -0.15) is 5.10 Å². The van der Waals surface area contributed by atoms with Crippen LogP contribution in [0.25, 0.3) is 0 Å². The molecule has 0 aliphatic heterocycles. The van der Waals surface area contributed by atoms with Crippen LogP contribution in [0.2, 0.25) is 0 Å². The Kier molecular flexibility index (Phi) is 5.27. The molecule has 9 heteroatoms. The van der Waals surface area contributed by atoms with E-state index in [9.17, 15) is 18.0 Å². The van der Waals surface area contributed by atoms with Gasteiger partial charge in [-0.15, -0.1) is 0 Å². The molecular formula is C17H11BrF3N3O2. The minimum atomic E-state index is -0.846. The molecule has 0 radical (unpaired) electrons. The third-order valence-electron chi connectivity index (χ3n) is 3.30. The van der Waals surface area contributed by atoms with E-state index >= 15 is 0 Å². The van der Waals surface area contributed by atoms with Crippen molar-refractivity contribution in [3.63, 3.8) is 0 Å². The van der Waals surface area contributed by atoms with Crippen molar-refractivity contribution in [3.05, 3.63) is 76.3 Å². The van der Waals surface area contributed by atoms with Crippen molar-refractivity contribution in [2.45, 2.75) is 6.73 Å². The number of hydrogen-bond donors (Lipinski definition) is 1. The number of carbonyl (C=O) groups excluding carboxylic acids is 1. The van der Waals surface area contributed by atoms with Crippen LogP contribution < -0.4 is 10.1 Å². The van der Waals surface area contributed by atoms with Crippen LogP contribution >= 0.6 is 15.9 Å². The molecule has 134 valence electrons. The predicted molar refractivity (Wildman–Crippen MR) is 91.3 cm³/mol. The molecular weight excluding hydrogens is 415 g/mol. The second-order valence-corrected chi connectivity index (χ2v) is 6.08. The zero-order chi connectivity index (χ0) is 18.7. The van der Waals surface area contributed by atoms with Gasteiger partial charge in [-0.25, -0.2) is 17.9 Å². The van der Waals surface area contributed by atoms with Gasteiger partial charge in [-0.3, -0.25) is 4.79 Å². The second kappa shape index (κ2) is 7.61. The number of anilines is 1. The lowest BCUT2D eigenvalue weighted by Crippen LogP contribution is -2.15. The van der Waals surface area contributed by atoms with Crippen molar-refractivity contribution in [1.29, 1.82) is 0 Å². The fourth-order valence-electron chi connectivity index (χ4n) is 2.06. The van der Waals surface area contributed by atoms with Crippen LogP contribution in [0, 0.1) is 17.5 Å². The molecule has 0 fully saturated rings. The van der Waals surface area contributed by atoms with E-state index in [0.717, 1.165) is 12.1 Å². The van der Waals surface area contributed by atoms with Gasteiger partial charge in [0.2, 0.25) is 0 Å². The van der Waals surface area contributed by atoms with E-state index in [1.54, 1.807) is 6.07 Å². The summed E-state index contributed by atoms with van der Waals surface area (Å²) >= 11 is 3.13. The summed E-state index contributed by atoms with van der Waals surface area (Å²) in [7, 11) is 0. The molecule has 5 nitrogen and oxygen atoms in total. The normalized spacial score (nSPS) is 10.6. The molecule has 26 heavy (non-hydrogen) atoms. The van der Waals surface area contributed by atoms with Crippen molar-refractivity contribution in [3.8, 4) is 5.75 Å².